The fourth-order valence-electron chi connectivity index (χ4n) is 4.36. The fraction of sp³-hybridized carbons (Fsp3) is 0.480. The van der Waals surface area contributed by atoms with Crippen molar-refractivity contribution in [1.82, 2.24) is 20.1 Å². The van der Waals surface area contributed by atoms with Crippen molar-refractivity contribution < 1.29 is 14.0 Å². The molecule has 33 heavy (non-hydrogen) atoms. The number of halogens is 1. The van der Waals surface area contributed by atoms with Crippen molar-refractivity contribution in [3.63, 3.8) is 0 Å². The van der Waals surface area contributed by atoms with Crippen LogP contribution < -0.4 is 16.2 Å². The first-order valence-electron chi connectivity index (χ1n) is 11.6. The molecule has 3 rings (SSSR count). The van der Waals surface area contributed by atoms with Crippen LogP contribution in [-0.4, -0.2) is 61.2 Å². The Morgan fingerprint density at radius 1 is 1.18 bits per heavy atom. The van der Waals surface area contributed by atoms with Crippen molar-refractivity contribution in [2.24, 2.45) is 5.92 Å². The lowest BCUT2D eigenvalue weighted by molar-refractivity contribution is 0.0950. The van der Waals surface area contributed by atoms with E-state index in [2.05, 4.69) is 15.5 Å². The lowest BCUT2D eigenvalue weighted by atomic mass is 9.93. The van der Waals surface area contributed by atoms with Crippen molar-refractivity contribution in [1.29, 1.82) is 0 Å². The average molecular weight is 457 g/mol. The summed E-state index contributed by atoms with van der Waals surface area (Å²) in [5.41, 5.74) is 0.673. The highest BCUT2D eigenvalue weighted by atomic mass is 19.1. The van der Waals surface area contributed by atoms with Gasteiger partial charge in [-0.15, -0.1) is 0 Å². The third kappa shape index (κ3) is 6.99. The molecule has 2 amide bonds. The minimum absolute atomic E-state index is 0.0590. The van der Waals surface area contributed by atoms with Gasteiger partial charge in [-0.1, -0.05) is 30.3 Å². The maximum atomic E-state index is 12.8. The second-order valence-electron chi connectivity index (χ2n) is 8.54. The molecule has 1 aromatic heterocycles. The summed E-state index contributed by atoms with van der Waals surface area (Å²) in [6.45, 7) is 2.83. The molecule has 178 valence electrons. The minimum atomic E-state index is -0.522. The van der Waals surface area contributed by atoms with Crippen LogP contribution in [-0.2, 0) is 6.54 Å². The number of benzene rings is 1. The largest absolute Gasteiger partial charge is 0.355 e. The van der Waals surface area contributed by atoms with E-state index < -0.39 is 11.5 Å². The van der Waals surface area contributed by atoms with Gasteiger partial charge in [0.25, 0.3) is 17.4 Å². The predicted molar refractivity (Wildman–Crippen MR) is 126 cm³/mol. The molecule has 1 aliphatic heterocycles. The summed E-state index contributed by atoms with van der Waals surface area (Å²) >= 11 is 0. The zero-order valence-electron chi connectivity index (χ0n) is 19.2. The molecule has 1 aromatic carbocycles. The first-order valence-corrected chi connectivity index (χ1v) is 11.6. The van der Waals surface area contributed by atoms with Crippen LogP contribution in [0.5, 0.6) is 0 Å². The molecule has 1 saturated heterocycles. The van der Waals surface area contributed by atoms with Gasteiger partial charge in [0.15, 0.2) is 0 Å². The summed E-state index contributed by atoms with van der Waals surface area (Å²) in [5.74, 6) is -0.314. The number of amides is 2. The molecule has 8 heteroatoms. The highest BCUT2D eigenvalue weighted by Crippen LogP contribution is 2.20. The Bertz CT molecular complexity index is 991. The van der Waals surface area contributed by atoms with E-state index in [0.29, 0.717) is 19.0 Å². The number of alkyl halides is 1. The SMILES string of the molecule is CNC(=O)c1cc(C(=O)NCCCC2CCCN(CCF)C2)cn(Cc2ccccc2)c1=O. The van der Waals surface area contributed by atoms with Gasteiger partial charge in [0.1, 0.15) is 12.2 Å². The molecule has 1 fully saturated rings. The van der Waals surface area contributed by atoms with Gasteiger partial charge >= 0.3 is 0 Å². The first kappa shape index (κ1) is 24.6. The number of carbonyl (C=O) groups is 2. The van der Waals surface area contributed by atoms with Gasteiger partial charge in [-0.25, -0.2) is 4.39 Å². The highest BCUT2D eigenvalue weighted by Gasteiger charge is 2.20. The number of rotatable bonds is 10. The molecule has 7 nitrogen and oxygen atoms in total. The fourth-order valence-corrected chi connectivity index (χ4v) is 4.36. The van der Waals surface area contributed by atoms with E-state index in [1.807, 2.05) is 30.3 Å². The topological polar surface area (TPSA) is 83.4 Å². The molecule has 0 radical (unpaired) electrons. The summed E-state index contributed by atoms with van der Waals surface area (Å²) in [6.07, 6.45) is 5.53. The van der Waals surface area contributed by atoms with Crippen molar-refractivity contribution in [2.45, 2.75) is 32.2 Å². The molecule has 2 heterocycles. The zero-order valence-corrected chi connectivity index (χ0v) is 19.2. The van der Waals surface area contributed by atoms with Gasteiger partial charge in [-0.05, 0) is 49.8 Å². The number of hydrogen-bond acceptors (Lipinski definition) is 4. The van der Waals surface area contributed by atoms with E-state index in [0.717, 1.165) is 44.3 Å². The van der Waals surface area contributed by atoms with E-state index in [1.165, 1.54) is 23.9 Å². The van der Waals surface area contributed by atoms with E-state index >= 15 is 0 Å². The molecule has 0 saturated carbocycles. The highest BCUT2D eigenvalue weighted by molar-refractivity contribution is 5.99. The zero-order chi connectivity index (χ0) is 23.6. The van der Waals surface area contributed by atoms with Gasteiger partial charge in [0.2, 0.25) is 0 Å². The lowest BCUT2D eigenvalue weighted by Crippen LogP contribution is -2.37. The molecule has 0 spiro atoms. The molecule has 0 bridgehead atoms. The third-order valence-electron chi connectivity index (χ3n) is 6.09. The summed E-state index contributed by atoms with van der Waals surface area (Å²) in [7, 11) is 1.45. The molecule has 1 atom stereocenters. The summed E-state index contributed by atoms with van der Waals surface area (Å²) in [4.78, 5) is 40.0. The van der Waals surface area contributed by atoms with Crippen molar-refractivity contribution >= 4 is 11.8 Å². The number of likely N-dealkylation sites (tertiary alicyclic amines) is 1. The van der Waals surface area contributed by atoms with Crippen LogP contribution in [0.25, 0.3) is 0 Å². The van der Waals surface area contributed by atoms with Gasteiger partial charge in [0, 0.05) is 32.9 Å². The Hall–Kier alpha value is -3.00. The van der Waals surface area contributed by atoms with Crippen LogP contribution >= 0.6 is 0 Å². The van der Waals surface area contributed by atoms with Crippen LogP contribution in [0.4, 0.5) is 4.39 Å². The van der Waals surface area contributed by atoms with E-state index in [9.17, 15) is 18.8 Å². The normalized spacial score (nSPS) is 16.4. The Kier molecular flexibility index (Phi) is 9.18. The second kappa shape index (κ2) is 12.3. The monoisotopic (exact) mass is 456 g/mol. The Morgan fingerprint density at radius 3 is 2.70 bits per heavy atom. The van der Waals surface area contributed by atoms with Crippen molar-refractivity contribution in [3.8, 4) is 0 Å². The summed E-state index contributed by atoms with van der Waals surface area (Å²) in [5, 5.41) is 5.38. The smallest absolute Gasteiger partial charge is 0.263 e. The molecule has 0 aliphatic carbocycles. The lowest BCUT2D eigenvalue weighted by Gasteiger charge is -2.32. The maximum Gasteiger partial charge on any atom is 0.263 e. The van der Waals surface area contributed by atoms with Crippen LogP contribution in [0.2, 0.25) is 0 Å². The van der Waals surface area contributed by atoms with Crippen molar-refractivity contribution in [2.75, 3.05) is 39.9 Å². The number of pyridine rings is 1. The van der Waals surface area contributed by atoms with Crippen LogP contribution in [0.15, 0.2) is 47.4 Å². The van der Waals surface area contributed by atoms with E-state index in [1.54, 1.807) is 0 Å². The Labute approximate surface area is 194 Å². The van der Waals surface area contributed by atoms with Gasteiger partial charge in [-0.2, -0.15) is 0 Å². The number of aromatic nitrogens is 1. The minimum Gasteiger partial charge on any atom is -0.355 e. The van der Waals surface area contributed by atoms with Gasteiger partial charge in [-0.3, -0.25) is 14.4 Å². The van der Waals surface area contributed by atoms with Gasteiger partial charge < -0.3 is 20.1 Å². The van der Waals surface area contributed by atoms with Crippen molar-refractivity contribution in [3.05, 3.63) is 69.6 Å². The molecule has 1 unspecified atom stereocenters. The maximum absolute atomic E-state index is 12.8. The number of carbonyl (C=O) groups excluding carboxylic acids is 2. The standard InChI is InChI=1S/C25H33FN4O3/c1-27-24(32)22-15-21(18-30(25(22)33)17-20-7-3-2-4-8-20)23(31)28-12-5-9-19-10-6-13-29(16-19)14-11-26/h2-4,7-8,15,18-19H,5-6,9-14,16-17H2,1H3,(H,27,32)(H,28,31). The van der Waals surface area contributed by atoms with E-state index in [4.69, 9.17) is 0 Å². The number of nitrogens with one attached hydrogen (secondary N) is 2. The van der Waals surface area contributed by atoms with Crippen LogP contribution in [0.1, 0.15) is 52.0 Å². The summed E-state index contributed by atoms with van der Waals surface area (Å²) in [6, 6.07) is 10.8. The molecular weight excluding hydrogens is 423 g/mol. The predicted octanol–water partition coefficient (Wildman–Crippen LogP) is 2.45. The second-order valence-corrected chi connectivity index (χ2v) is 8.54. The Balaban J connectivity index is 1.63. The Morgan fingerprint density at radius 2 is 1.97 bits per heavy atom. The molecule has 2 N–H and O–H groups in total. The first-order chi connectivity index (χ1) is 16.0. The van der Waals surface area contributed by atoms with E-state index in [-0.39, 0.29) is 30.3 Å². The molecule has 2 aromatic rings. The third-order valence-corrected chi connectivity index (χ3v) is 6.09. The molecular formula is C25H33FN4O3. The van der Waals surface area contributed by atoms with Crippen LogP contribution in [0, 0.1) is 5.92 Å². The number of nitrogens with zero attached hydrogens (tertiary/aromatic N) is 2. The molecule has 1 aliphatic rings. The average Bonchev–Trinajstić information content (AvgIpc) is 2.83. The van der Waals surface area contributed by atoms with Gasteiger partial charge in [0.05, 0.1) is 12.1 Å². The number of piperidine rings is 1. The van der Waals surface area contributed by atoms with Crippen LogP contribution in [0.3, 0.4) is 0 Å². The quantitative estimate of drug-likeness (QED) is 0.538. The summed E-state index contributed by atoms with van der Waals surface area (Å²) < 4.78 is 14.0. The number of hydrogen-bond donors (Lipinski definition) is 2.